The highest BCUT2D eigenvalue weighted by molar-refractivity contribution is 6.18. The number of nitrogens with zero attached hydrogens (tertiary/aromatic N) is 1. The summed E-state index contributed by atoms with van der Waals surface area (Å²) in [5, 5.41) is 4.65. The Balaban J connectivity index is 1.31. The Hall–Kier alpha value is -5.60. The number of benzene rings is 7. The van der Waals surface area contributed by atoms with E-state index in [4.69, 9.17) is 4.42 Å². The van der Waals surface area contributed by atoms with Crippen molar-refractivity contribution >= 4 is 49.8 Å². The zero-order chi connectivity index (χ0) is 27.9. The zero-order valence-corrected chi connectivity index (χ0v) is 22.9. The fourth-order valence-electron chi connectivity index (χ4n) is 6.05. The van der Waals surface area contributed by atoms with Crippen molar-refractivity contribution in [1.82, 2.24) is 0 Å². The topological polar surface area (TPSA) is 16.4 Å². The van der Waals surface area contributed by atoms with Gasteiger partial charge in [0.25, 0.3) is 0 Å². The van der Waals surface area contributed by atoms with Gasteiger partial charge in [0.15, 0.2) is 0 Å². The van der Waals surface area contributed by atoms with E-state index >= 15 is 0 Å². The number of furan rings is 1. The number of anilines is 3. The van der Waals surface area contributed by atoms with Gasteiger partial charge in [-0.05, 0) is 69.9 Å². The molecule has 0 N–H and O–H groups in total. The summed E-state index contributed by atoms with van der Waals surface area (Å²) >= 11 is 0. The summed E-state index contributed by atoms with van der Waals surface area (Å²) in [5.74, 6) is 0. The third-order valence-electron chi connectivity index (χ3n) is 8.04. The van der Waals surface area contributed by atoms with Crippen LogP contribution in [0.2, 0.25) is 0 Å². The summed E-state index contributed by atoms with van der Waals surface area (Å²) in [4.78, 5) is 2.29. The molecule has 0 aliphatic rings. The van der Waals surface area contributed by atoms with Crippen LogP contribution in [0.3, 0.4) is 0 Å². The lowest BCUT2D eigenvalue weighted by atomic mass is 9.95. The van der Waals surface area contributed by atoms with Crippen molar-refractivity contribution in [3.05, 3.63) is 164 Å². The third-order valence-corrected chi connectivity index (χ3v) is 8.04. The Kier molecular flexibility index (Phi) is 5.82. The second-order valence-corrected chi connectivity index (χ2v) is 10.6. The van der Waals surface area contributed by atoms with E-state index in [1.54, 1.807) is 0 Å². The van der Waals surface area contributed by atoms with E-state index in [1.165, 1.54) is 21.9 Å². The molecule has 8 rings (SSSR count). The van der Waals surface area contributed by atoms with Crippen molar-refractivity contribution in [3.63, 3.8) is 0 Å². The largest absolute Gasteiger partial charge is 0.455 e. The summed E-state index contributed by atoms with van der Waals surface area (Å²) in [6, 6.07) is 57.7. The lowest BCUT2D eigenvalue weighted by Crippen LogP contribution is -2.09. The first-order valence-corrected chi connectivity index (χ1v) is 14.3. The van der Waals surface area contributed by atoms with Gasteiger partial charge in [0.05, 0.1) is 0 Å². The molecule has 0 atom stereocenters. The molecule has 0 unspecified atom stereocenters. The van der Waals surface area contributed by atoms with Crippen LogP contribution in [0.4, 0.5) is 17.1 Å². The van der Waals surface area contributed by atoms with Crippen LogP contribution in [0.5, 0.6) is 0 Å². The fourth-order valence-corrected chi connectivity index (χ4v) is 6.05. The summed E-state index contributed by atoms with van der Waals surface area (Å²) in [5.41, 5.74) is 9.72. The molecular weight excluding hydrogens is 510 g/mol. The molecule has 2 heteroatoms. The predicted octanol–water partition coefficient (Wildman–Crippen LogP) is 11.5. The molecule has 0 aliphatic heterocycles. The molecule has 1 heterocycles. The van der Waals surface area contributed by atoms with Crippen LogP contribution in [0.15, 0.2) is 168 Å². The highest BCUT2D eigenvalue weighted by atomic mass is 16.3. The minimum absolute atomic E-state index is 0.872. The first-order chi connectivity index (χ1) is 20.8. The molecule has 0 aliphatic carbocycles. The molecule has 0 saturated heterocycles. The van der Waals surface area contributed by atoms with E-state index in [9.17, 15) is 0 Å². The Morgan fingerprint density at radius 1 is 0.381 bits per heavy atom. The summed E-state index contributed by atoms with van der Waals surface area (Å²) < 4.78 is 6.76. The second-order valence-electron chi connectivity index (χ2n) is 10.6. The van der Waals surface area contributed by atoms with E-state index in [1.807, 2.05) is 0 Å². The van der Waals surface area contributed by atoms with E-state index in [-0.39, 0.29) is 0 Å². The average molecular weight is 538 g/mol. The number of hydrogen-bond acceptors (Lipinski definition) is 2. The third kappa shape index (κ3) is 4.13. The Morgan fingerprint density at radius 3 is 1.69 bits per heavy atom. The number of para-hydroxylation sites is 1. The molecule has 42 heavy (non-hydrogen) atoms. The van der Waals surface area contributed by atoms with Gasteiger partial charge < -0.3 is 9.32 Å². The van der Waals surface area contributed by atoms with Crippen LogP contribution in [0.1, 0.15) is 0 Å². The number of fused-ring (bicyclic) bond motifs is 4. The van der Waals surface area contributed by atoms with Crippen LogP contribution in [-0.2, 0) is 0 Å². The molecule has 0 bridgehead atoms. The molecule has 0 amide bonds. The highest BCUT2D eigenvalue weighted by Crippen LogP contribution is 2.43. The minimum Gasteiger partial charge on any atom is -0.455 e. The van der Waals surface area contributed by atoms with E-state index in [2.05, 4.69) is 169 Å². The van der Waals surface area contributed by atoms with E-state index in [0.717, 1.165) is 50.1 Å². The monoisotopic (exact) mass is 537 g/mol. The van der Waals surface area contributed by atoms with Gasteiger partial charge in [-0.1, -0.05) is 115 Å². The van der Waals surface area contributed by atoms with Crippen molar-refractivity contribution in [3.8, 4) is 22.3 Å². The summed E-state index contributed by atoms with van der Waals surface area (Å²) in [6.07, 6.45) is 0. The highest BCUT2D eigenvalue weighted by Gasteiger charge is 2.19. The lowest BCUT2D eigenvalue weighted by Gasteiger charge is -2.25. The smallest absolute Gasteiger partial charge is 0.143 e. The molecule has 0 saturated carbocycles. The Labute approximate surface area is 244 Å². The van der Waals surface area contributed by atoms with Gasteiger partial charge in [-0.15, -0.1) is 0 Å². The van der Waals surface area contributed by atoms with Crippen LogP contribution in [-0.4, -0.2) is 0 Å². The molecule has 198 valence electrons. The van der Waals surface area contributed by atoms with Crippen molar-refractivity contribution in [2.45, 2.75) is 0 Å². The zero-order valence-electron chi connectivity index (χ0n) is 22.9. The van der Waals surface area contributed by atoms with Gasteiger partial charge in [0.1, 0.15) is 11.2 Å². The van der Waals surface area contributed by atoms with Gasteiger partial charge >= 0.3 is 0 Å². The molecule has 1 aromatic heterocycles. The average Bonchev–Trinajstić information content (AvgIpc) is 3.42. The van der Waals surface area contributed by atoms with Crippen LogP contribution in [0.25, 0.3) is 55.0 Å². The van der Waals surface area contributed by atoms with Crippen LogP contribution in [0, 0.1) is 0 Å². The lowest BCUT2D eigenvalue weighted by molar-refractivity contribution is 0.670. The van der Waals surface area contributed by atoms with Crippen LogP contribution >= 0.6 is 0 Å². The molecule has 2 nitrogen and oxygen atoms in total. The summed E-state index contributed by atoms with van der Waals surface area (Å²) in [7, 11) is 0. The van der Waals surface area contributed by atoms with E-state index in [0.29, 0.717) is 0 Å². The van der Waals surface area contributed by atoms with Gasteiger partial charge in [0, 0.05) is 39.5 Å². The number of hydrogen-bond donors (Lipinski definition) is 0. The van der Waals surface area contributed by atoms with Crippen molar-refractivity contribution in [1.29, 1.82) is 0 Å². The van der Waals surface area contributed by atoms with Crippen molar-refractivity contribution in [2.24, 2.45) is 0 Å². The molecule has 0 fully saturated rings. The fraction of sp³-hybridized carbons (Fsp3) is 0. The standard InChI is InChI=1S/C40H27NO/c1-4-12-28(13-5-1)29-20-22-33(23-21-29)41(32-17-8-3-9-18-32)34-24-25-36-37-26-31-16-10-11-19-35(31)39(30-14-6-2-7-15-30)40(37)42-38(36)27-34/h1-27H. The SMILES string of the molecule is c1ccc(-c2ccc(N(c3ccccc3)c3ccc4c(c3)oc3c(-c5ccccc5)c5ccccc5cc34)cc2)cc1. The first kappa shape index (κ1) is 24.2. The molecule has 8 aromatic rings. The predicted molar refractivity (Wildman–Crippen MR) is 177 cm³/mol. The molecular formula is C40H27NO. The van der Waals surface area contributed by atoms with Gasteiger partial charge in [-0.3, -0.25) is 0 Å². The summed E-state index contributed by atoms with van der Waals surface area (Å²) in [6.45, 7) is 0. The van der Waals surface area contributed by atoms with Crippen molar-refractivity contribution < 1.29 is 4.42 Å². The van der Waals surface area contributed by atoms with Gasteiger partial charge in [-0.2, -0.15) is 0 Å². The van der Waals surface area contributed by atoms with E-state index < -0.39 is 0 Å². The Morgan fingerprint density at radius 2 is 0.952 bits per heavy atom. The first-order valence-electron chi connectivity index (χ1n) is 14.3. The maximum Gasteiger partial charge on any atom is 0.143 e. The van der Waals surface area contributed by atoms with Crippen LogP contribution < -0.4 is 4.90 Å². The Bertz CT molecular complexity index is 2160. The molecule has 0 radical (unpaired) electrons. The molecule has 0 spiro atoms. The number of rotatable bonds is 5. The molecule has 7 aromatic carbocycles. The van der Waals surface area contributed by atoms with Gasteiger partial charge in [-0.25, -0.2) is 0 Å². The second kappa shape index (κ2) is 10.1. The van der Waals surface area contributed by atoms with Gasteiger partial charge in [0.2, 0.25) is 0 Å². The maximum absolute atomic E-state index is 6.76. The maximum atomic E-state index is 6.76. The minimum atomic E-state index is 0.872. The quantitative estimate of drug-likeness (QED) is 0.217. The van der Waals surface area contributed by atoms with Crippen molar-refractivity contribution in [2.75, 3.05) is 4.90 Å². The normalized spacial score (nSPS) is 11.3.